The molecule has 1 amide bonds. The van der Waals surface area contributed by atoms with Crippen LogP contribution in [0, 0.1) is 56.2 Å². The number of nitrogens with one attached hydrogen (secondary N) is 1. The van der Waals surface area contributed by atoms with Gasteiger partial charge >= 0.3 is 11.9 Å². The van der Waals surface area contributed by atoms with Gasteiger partial charge < -0.3 is 20.1 Å². The van der Waals surface area contributed by atoms with Gasteiger partial charge in [-0.2, -0.15) is 0 Å². The summed E-state index contributed by atoms with van der Waals surface area (Å²) in [7, 11) is 4.36. The van der Waals surface area contributed by atoms with Gasteiger partial charge in [-0.3, -0.25) is 14.4 Å². The van der Waals surface area contributed by atoms with Crippen molar-refractivity contribution in [2.24, 2.45) is 56.2 Å². The minimum absolute atomic E-state index is 0.0375. The average Bonchev–Trinajstić information content (AvgIpc) is 3.41. The van der Waals surface area contributed by atoms with Crippen molar-refractivity contribution in [3.05, 3.63) is 0 Å². The highest BCUT2D eigenvalue weighted by atomic mass is 16.5. The fourth-order valence-electron chi connectivity index (χ4n) is 14.6. The Kier molecular flexibility index (Phi) is 10.2. The number of carboxylic acids is 1. The first-order valence-corrected chi connectivity index (χ1v) is 20.6. The van der Waals surface area contributed by atoms with E-state index in [1.165, 1.54) is 70.6 Å². The van der Waals surface area contributed by atoms with Crippen LogP contribution >= 0.6 is 0 Å². The molecule has 0 radical (unpaired) electrons. The molecule has 6 aliphatic rings. The van der Waals surface area contributed by atoms with Gasteiger partial charge in [0.05, 0.1) is 12.8 Å². The van der Waals surface area contributed by atoms with Crippen LogP contribution in [-0.2, 0) is 19.1 Å². The van der Waals surface area contributed by atoms with Gasteiger partial charge in [0.2, 0.25) is 5.91 Å². The van der Waals surface area contributed by atoms with E-state index in [-0.39, 0.29) is 52.0 Å². The quantitative estimate of drug-likeness (QED) is 0.234. The Morgan fingerprint density at radius 1 is 0.760 bits per heavy atom. The summed E-state index contributed by atoms with van der Waals surface area (Å²) in [5.74, 6) is 1.69. The van der Waals surface area contributed by atoms with Crippen LogP contribution in [0.25, 0.3) is 0 Å². The number of esters is 1. The molecule has 6 rings (SSSR count). The molecule has 0 bridgehead atoms. The van der Waals surface area contributed by atoms with Crippen LogP contribution in [0.1, 0.15) is 164 Å². The summed E-state index contributed by atoms with van der Waals surface area (Å²) in [5, 5.41) is 12.9. The van der Waals surface area contributed by atoms with Crippen molar-refractivity contribution in [1.29, 1.82) is 0 Å². The first-order valence-electron chi connectivity index (χ1n) is 20.6. The highest BCUT2D eigenvalue weighted by Crippen LogP contribution is 2.77. The molecule has 0 heterocycles. The molecule has 50 heavy (non-hydrogen) atoms. The number of fused-ring (bicyclic) bond motifs is 7. The molecule has 0 aliphatic heterocycles. The Balaban J connectivity index is 1.14. The summed E-state index contributed by atoms with van der Waals surface area (Å²) in [6, 6.07) is 1.000. The minimum Gasteiger partial charge on any atom is -0.481 e. The highest BCUT2D eigenvalue weighted by Gasteiger charge is 2.70. The first-order chi connectivity index (χ1) is 23.3. The molecule has 6 saturated carbocycles. The van der Waals surface area contributed by atoms with Gasteiger partial charge in [-0.15, -0.1) is 0 Å². The van der Waals surface area contributed by atoms with Crippen LogP contribution in [0.2, 0.25) is 0 Å². The van der Waals surface area contributed by atoms with E-state index in [4.69, 9.17) is 4.74 Å². The molecular formula is C43H72N2O5. The number of aliphatic carboxylic acids is 1. The lowest BCUT2D eigenvalue weighted by atomic mass is 9.32. The standard InChI is InChI=1S/C43H72N2O5/c1-38(2,26-36(47)48)27-37(49)50-34-19-21-40(5)32(39(34,3)4)18-22-42(7)33(40)17-16-30-31-11-10-20-43(31,24-23-41(30,42)6)25-35(46)44-28-12-14-29(15-13-28)45(8)9/h28-34H,10-27H2,1-9H3,(H,44,46)(H,47,48)/t28-,29+,30-,31-,32?,33?,34+,40+,41-,42-,43-/m1/s1. The zero-order chi connectivity index (χ0) is 36.5. The van der Waals surface area contributed by atoms with Crippen LogP contribution in [0.5, 0.6) is 0 Å². The van der Waals surface area contributed by atoms with Gasteiger partial charge in [-0.1, -0.05) is 54.9 Å². The van der Waals surface area contributed by atoms with E-state index >= 15 is 0 Å². The molecule has 6 aliphatic carbocycles. The number of hydrogen-bond donors (Lipinski definition) is 2. The minimum atomic E-state index is -0.874. The van der Waals surface area contributed by atoms with Gasteiger partial charge in [0.1, 0.15) is 6.10 Å². The molecule has 2 unspecified atom stereocenters. The molecular weight excluding hydrogens is 624 g/mol. The molecule has 0 saturated heterocycles. The molecule has 7 nitrogen and oxygen atoms in total. The van der Waals surface area contributed by atoms with E-state index in [1.54, 1.807) is 0 Å². The predicted octanol–water partition coefficient (Wildman–Crippen LogP) is 9.02. The lowest BCUT2D eigenvalue weighted by Gasteiger charge is -2.72. The van der Waals surface area contributed by atoms with Gasteiger partial charge in [0.15, 0.2) is 0 Å². The van der Waals surface area contributed by atoms with Crippen molar-refractivity contribution in [1.82, 2.24) is 10.2 Å². The Morgan fingerprint density at radius 3 is 2.12 bits per heavy atom. The summed E-state index contributed by atoms with van der Waals surface area (Å²) >= 11 is 0. The maximum absolute atomic E-state index is 13.8. The number of carboxylic acid groups (broad SMARTS) is 1. The number of ether oxygens (including phenoxy) is 1. The number of hydrogen-bond acceptors (Lipinski definition) is 5. The van der Waals surface area contributed by atoms with Crippen molar-refractivity contribution >= 4 is 17.8 Å². The van der Waals surface area contributed by atoms with Crippen LogP contribution in [0.3, 0.4) is 0 Å². The van der Waals surface area contributed by atoms with Crippen molar-refractivity contribution in [2.75, 3.05) is 14.1 Å². The summed E-state index contributed by atoms with van der Waals surface area (Å²) < 4.78 is 6.27. The third-order valence-electron chi connectivity index (χ3n) is 17.3. The Hall–Kier alpha value is -1.63. The number of rotatable bonds is 9. The third kappa shape index (κ3) is 6.48. The largest absolute Gasteiger partial charge is 0.481 e. The van der Waals surface area contributed by atoms with Crippen LogP contribution in [-0.4, -0.2) is 60.1 Å². The number of carbonyl (C=O) groups is 3. The van der Waals surface area contributed by atoms with E-state index in [9.17, 15) is 19.5 Å². The van der Waals surface area contributed by atoms with E-state index in [1.807, 2.05) is 13.8 Å². The van der Waals surface area contributed by atoms with Crippen LogP contribution < -0.4 is 5.32 Å². The molecule has 6 fully saturated rings. The molecule has 9 atom stereocenters. The van der Waals surface area contributed by atoms with E-state index < -0.39 is 11.4 Å². The van der Waals surface area contributed by atoms with E-state index in [0.717, 1.165) is 32.1 Å². The maximum Gasteiger partial charge on any atom is 0.306 e. The van der Waals surface area contributed by atoms with Gasteiger partial charge in [0, 0.05) is 23.9 Å². The normalized spacial score (nSPS) is 43.9. The SMILES string of the molecule is CN(C)[C@H]1CC[C@@H](NC(=O)C[C@]23CCC[C@@H]2[C@H]2CCC4[C@@]5(C)CC[C@H](OC(=O)CC(C)(C)CC(=O)O)C(C)(C)C5CC[C@@]4(C)[C@]2(C)CC3)CC1. The zero-order valence-electron chi connectivity index (χ0n) is 33.3. The second-order valence-electron chi connectivity index (χ2n) is 21.0. The molecule has 0 aromatic rings. The van der Waals surface area contributed by atoms with Crippen molar-refractivity contribution in [2.45, 2.75) is 182 Å². The Bertz CT molecular complexity index is 1300. The molecule has 0 aromatic carbocycles. The van der Waals surface area contributed by atoms with Crippen molar-refractivity contribution < 1.29 is 24.2 Å². The lowest BCUT2D eigenvalue weighted by molar-refractivity contribution is -0.248. The lowest BCUT2D eigenvalue weighted by Crippen LogP contribution is -2.66. The Morgan fingerprint density at radius 2 is 1.46 bits per heavy atom. The monoisotopic (exact) mass is 697 g/mol. The first kappa shape index (κ1) is 38.1. The third-order valence-corrected chi connectivity index (χ3v) is 17.3. The second kappa shape index (κ2) is 13.3. The number of nitrogens with zero attached hydrogens (tertiary/aromatic N) is 1. The maximum atomic E-state index is 13.8. The molecule has 2 N–H and O–H groups in total. The van der Waals surface area contributed by atoms with Gasteiger partial charge in [-0.25, -0.2) is 0 Å². The second-order valence-corrected chi connectivity index (χ2v) is 21.0. The summed E-state index contributed by atoms with van der Waals surface area (Å²) in [5.41, 5.74) is 0.179. The molecule has 284 valence electrons. The molecule has 0 spiro atoms. The van der Waals surface area contributed by atoms with Crippen LogP contribution in [0.15, 0.2) is 0 Å². The zero-order valence-corrected chi connectivity index (χ0v) is 33.3. The van der Waals surface area contributed by atoms with Gasteiger partial charge in [-0.05, 0) is 155 Å². The molecule has 0 aromatic heterocycles. The highest BCUT2D eigenvalue weighted by molar-refractivity contribution is 5.77. The molecule has 7 heteroatoms. The Labute approximate surface area is 304 Å². The summed E-state index contributed by atoms with van der Waals surface area (Å²) in [6.07, 6.45) is 18.5. The summed E-state index contributed by atoms with van der Waals surface area (Å²) in [4.78, 5) is 40.7. The number of carbonyl (C=O) groups excluding carboxylic acids is 2. The van der Waals surface area contributed by atoms with E-state index in [0.29, 0.717) is 41.7 Å². The smallest absolute Gasteiger partial charge is 0.306 e. The topological polar surface area (TPSA) is 95.9 Å². The fraction of sp³-hybridized carbons (Fsp3) is 0.930. The summed E-state index contributed by atoms with van der Waals surface area (Å²) in [6.45, 7) is 16.3. The predicted molar refractivity (Wildman–Crippen MR) is 198 cm³/mol. The van der Waals surface area contributed by atoms with Crippen LogP contribution in [0.4, 0.5) is 0 Å². The van der Waals surface area contributed by atoms with E-state index in [2.05, 4.69) is 58.9 Å². The number of amides is 1. The fourth-order valence-corrected chi connectivity index (χ4v) is 14.6. The van der Waals surface area contributed by atoms with Crippen molar-refractivity contribution in [3.63, 3.8) is 0 Å². The van der Waals surface area contributed by atoms with Crippen molar-refractivity contribution in [3.8, 4) is 0 Å². The average molecular weight is 697 g/mol. The van der Waals surface area contributed by atoms with Gasteiger partial charge in [0.25, 0.3) is 0 Å².